The summed E-state index contributed by atoms with van der Waals surface area (Å²) in [5.41, 5.74) is 4.91. The molecule has 0 aromatic heterocycles. The third-order valence-electron chi connectivity index (χ3n) is 3.81. The maximum Gasteiger partial charge on any atom is 0.250 e. The summed E-state index contributed by atoms with van der Waals surface area (Å²) < 4.78 is 5.42. The van der Waals surface area contributed by atoms with Crippen LogP contribution in [0.25, 0.3) is 0 Å². The van der Waals surface area contributed by atoms with Crippen molar-refractivity contribution in [2.45, 2.75) is 51.7 Å². The first-order valence-electron chi connectivity index (χ1n) is 6.42. The lowest BCUT2D eigenvalue weighted by Gasteiger charge is -2.32. The lowest BCUT2D eigenvalue weighted by Crippen LogP contribution is -2.59. The number of hydrogen-bond donors (Lipinski definition) is 3. The van der Waals surface area contributed by atoms with E-state index in [1.807, 2.05) is 20.8 Å². The Morgan fingerprint density at radius 2 is 2.17 bits per heavy atom. The molecule has 0 aliphatic carbocycles. The zero-order valence-corrected chi connectivity index (χ0v) is 11.3. The Bertz CT molecular complexity index is 327. The Morgan fingerprint density at radius 3 is 2.56 bits per heavy atom. The van der Waals surface area contributed by atoms with Gasteiger partial charge in [-0.1, -0.05) is 25.9 Å². The number of oxime groups is 1. The average Bonchev–Trinajstić information content (AvgIpc) is 2.81. The maximum atomic E-state index is 12.2. The SMILES string of the molecule is CCC(CC)(NC(=O)C1OCCC1C)C(N)=NO. The fraction of sp³-hybridized carbons (Fsp3) is 0.833. The summed E-state index contributed by atoms with van der Waals surface area (Å²) in [6, 6.07) is 0. The molecular formula is C12H23N3O3. The van der Waals surface area contributed by atoms with Crippen molar-refractivity contribution in [1.82, 2.24) is 5.32 Å². The van der Waals surface area contributed by atoms with Crippen molar-refractivity contribution >= 4 is 11.7 Å². The van der Waals surface area contributed by atoms with E-state index in [2.05, 4.69) is 10.5 Å². The van der Waals surface area contributed by atoms with Crippen LogP contribution in [0.1, 0.15) is 40.0 Å². The summed E-state index contributed by atoms with van der Waals surface area (Å²) >= 11 is 0. The van der Waals surface area contributed by atoms with Gasteiger partial charge in [0.15, 0.2) is 5.84 Å². The number of nitrogens with zero attached hydrogens (tertiary/aromatic N) is 1. The van der Waals surface area contributed by atoms with Crippen molar-refractivity contribution < 1.29 is 14.7 Å². The topological polar surface area (TPSA) is 96.9 Å². The number of carbonyl (C=O) groups is 1. The number of rotatable bonds is 5. The summed E-state index contributed by atoms with van der Waals surface area (Å²) in [5.74, 6) is 0.0468. The van der Waals surface area contributed by atoms with Gasteiger partial charge in [-0.3, -0.25) is 4.79 Å². The highest BCUT2D eigenvalue weighted by molar-refractivity contribution is 5.94. The van der Waals surface area contributed by atoms with E-state index in [1.54, 1.807) is 0 Å². The predicted octanol–water partition coefficient (Wildman–Crippen LogP) is 0.833. The average molecular weight is 257 g/mol. The minimum Gasteiger partial charge on any atom is -0.409 e. The molecule has 1 fully saturated rings. The smallest absolute Gasteiger partial charge is 0.250 e. The minimum atomic E-state index is -0.794. The lowest BCUT2D eigenvalue weighted by molar-refractivity contribution is -0.132. The molecule has 0 aromatic carbocycles. The highest BCUT2D eigenvalue weighted by Crippen LogP contribution is 2.22. The highest BCUT2D eigenvalue weighted by Gasteiger charge is 2.38. The molecule has 0 spiro atoms. The molecule has 1 amide bonds. The van der Waals surface area contributed by atoms with Crippen LogP contribution >= 0.6 is 0 Å². The normalized spacial score (nSPS) is 25.2. The van der Waals surface area contributed by atoms with E-state index in [0.29, 0.717) is 19.4 Å². The number of ether oxygens (including phenoxy) is 1. The highest BCUT2D eigenvalue weighted by atomic mass is 16.5. The van der Waals surface area contributed by atoms with E-state index < -0.39 is 11.6 Å². The van der Waals surface area contributed by atoms with Crippen molar-refractivity contribution in [2.24, 2.45) is 16.8 Å². The molecule has 0 aromatic rings. The van der Waals surface area contributed by atoms with Crippen molar-refractivity contribution in [3.8, 4) is 0 Å². The standard InChI is InChI=1S/C12H23N3O3/c1-4-12(5-2,11(13)15-17)14-10(16)9-8(3)6-7-18-9/h8-9,17H,4-7H2,1-3H3,(H2,13,15)(H,14,16). The Kier molecular flexibility index (Phi) is 4.95. The lowest BCUT2D eigenvalue weighted by atomic mass is 9.90. The van der Waals surface area contributed by atoms with Crippen LogP contribution in [0.3, 0.4) is 0 Å². The molecule has 1 aliphatic rings. The van der Waals surface area contributed by atoms with Crippen molar-refractivity contribution in [3.63, 3.8) is 0 Å². The van der Waals surface area contributed by atoms with Crippen LogP contribution < -0.4 is 11.1 Å². The first-order valence-corrected chi connectivity index (χ1v) is 6.42. The predicted molar refractivity (Wildman–Crippen MR) is 68.4 cm³/mol. The molecule has 2 atom stereocenters. The number of amides is 1. The second-order valence-corrected chi connectivity index (χ2v) is 4.82. The number of hydrogen-bond acceptors (Lipinski definition) is 4. The molecule has 4 N–H and O–H groups in total. The van der Waals surface area contributed by atoms with E-state index >= 15 is 0 Å². The monoisotopic (exact) mass is 257 g/mol. The molecule has 1 aliphatic heterocycles. The molecule has 0 saturated carbocycles. The van der Waals surface area contributed by atoms with Crippen LogP contribution in [0.15, 0.2) is 5.16 Å². The van der Waals surface area contributed by atoms with Crippen LogP contribution in [0.2, 0.25) is 0 Å². The molecule has 104 valence electrons. The number of nitrogens with one attached hydrogen (secondary N) is 1. The Balaban J connectivity index is 2.81. The van der Waals surface area contributed by atoms with Crippen LogP contribution in [0.4, 0.5) is 0 Å². The third-order valence-corrected chi connectivity index (χ3v) is 3.81. The summed E-state index contributed by atoms with van der Waals surface area (Å²) in [6.07, 6.45) is 1.57. The fourth-order valence-electron chi connectivity index (χ4n) is 2.29. The van der Waals surface area contributed by atoms with E-state index in [4.69, 9.17) is 15.7 Å². The zero-order valence-electron chi connectivity index (χ0n) is 11.3. The van der Waals surface area contributed by atoms with E-state index in [-0.39, 0.29) is 17.7 Å². The molecule has 6 heteroatoms. The van der Waals surface area contributed by atoms with E-state index in [0.717, 1.165) is 6.42 Å². The Morgan fingerprint density at radius 1 is 1.56 bits per heavy atom. The van der Waals surface area contributed by atoms with Gasteiger partial charge in [0.05, 0.1) is 0 Å². The van der Waals surface area contributed by atoms with Crippen molar-refractivity contribution in [2.75, 3.05) is 6.61 Å². The van der Waals surface area contributed by atoms with Crippen molar-refractivity contribution in [3.05, 3.63) is 0 Å². The van der Waals surface area contributed by atoms with Crippen LogP contribution in [0.5, 0.6) is 0 Å². The van der Waals surface area contributed by atoms with Gasteiger partial charge < -0.3 is 21.0 Å². The first kappa shape index (κ1) is 14.8. The van der Waals surface area contributed by atoms with Gasteiger partial charge in [-0.15, -0.1) is 0 Å². The molecule has 6 nitrogen and oxygen atoms in total. The molecule has 1 saturated heterocycles. The Hall–Kier alpha value is -1.30. The quantitative estimate of drug-likeness (QED) is 0.294. The van der Waals surface area contributed by atoms with Crippen LogP contribution in [-0.2, 0) is 9.53 Å². The van der Waals surface area contributed by atoms with Gasteiger partial charge in [0.2, 0.25) is 5.91 Å². The molecule has 18 heavy (non-hydrogen) atoms. The molecule has 2 unspecified atom stereocenters. The second-order valence-electron chi connectivity index (χ2n) is 4.82. The Labute approximate surface area is 108 Å². The third kappa shape index (κ3) is 2.75. The molecule has 0 bridgehead atoms. The number of nitrogens with two attached hydrogens (primary N) is 1. The fourth-order valence-corrected chi connectivity index (χ4v) is 2.29. The van der Waals surface area contributed by atoms with Crippen LogP contribution in [-0.4, -0.2) is 35.2 Å². The van der Waals surface area contributed by atoms with Gasteiger partial charge in [-0.25, -0.2) is 0 Å². The first-order chi connectivity index (χ1) is 8.50. The van der Waals surface area contributed by atoms with Crippen LogP contribution in [0, 0.1) is 5.92 Å². The molecule has 1 heterocycles. The van der Waals surface area contributed by atoms with E-state index in [9.17, 15) is 4.79 Å². The maximum absolute atomic E-state index is 12.2. The zero-order chi connectivity index (χ0) is 13.8. The summed E-state index contributed by atoms with van der Waals surface area (Å²) in [5, 5.41) is 14.8. The van der Waals surface area contributed by atoms with Gasteiger partial charge in [-0.2, -0.15) is 0 Å². The second kappa shape index (κ2) is 6.04. The van der Waals surface area contributed by atoms with Gasteiger partial charge in [0.25, 0.3) is 0 Å². The largest absolute Gasteiger partial charge is 0.409 e. The number of carbonyl (C=O) groups excluding carboxylic acids is 1. The van der Waals surface area contributed by atoms with Gasteiger partial charge in [0, 0.05) is 6.61 Å². The molecule has 1 rings (SSSR count). The van der Waals surface area contributed by atoms with E-state index in [1.165, 1.54) is 0 Å². The molecule has 0 radical (unpaired) electrons. The minimum absolute atomic E-state index is 0.0338. The summed E-state index contributed by atoms with van der Waals surface area (Å²) in [6.45, 7) is 6.37. The van der Waals surface area contributed by atoms with Gasteiger partial charge in [-0.05, 0) is 25.2 Å². The number of amidine groups is 1. The van der Waals surface area contributed by atoms with Gasteiger partial charge >= 0.3 is 0 Å². The van der Waals surface area contributed by atoms with Gasteiger partial charge in [0.1, 0.15) is 11.6 Å². The van der Waals surface area contributed by atoms with Crippen molar-refractivity contribution in [1.29, 1.82) is 0 Å². The molecular weight excluding hydrogens is 234 g/mol. The summed E-state index contributed by atoms with van der Waals surface area (Å²) in [7, 11) is 0. The summed E-state index contributed by atoms with van der Waals surface area (Å²) in [4.78, 5) is 12.2.